The lowest BCUT2D eigenvalue weighted by Gasteiger charge is -2.14. The van der Waals surface area contributed by atoms with Gasteiger partial charge in [-0.25, -0.2) is 0 Å². The maximum atomic E-state index is 2.40. The molecule has 0 aliphatic rings. The van der Waals surface area contributed by atoms with Gasteiger partial charge in [0, 0.05) is 16.5 Å². The van der Waals surface area contributed by atoms with Crippen LogP contribution >= 0.6 is 0 Å². The molecule has 0 saturated carbocycles. The average Bonchev–Trinajstić information content (AvgIpc) is 3.11. The lowest BCUT2D eigenvalue weighted by molar-refractivity contribution is 1.10. The molecule has 0 N–H and O–H groups in total. The largest absolute Gasteiger partial charge is 0.308 e. The SMILES string of the molecule is c1ccc(-c2c3ccccc3c(-c3ccccc3)n2-c2ccccc2)cc1. The van der Waals surface area contributed by atoms with Gasteiger partial charge >= 0.3 is 0 Å². The molecule has 0 amide bonds. The molecular weight excluding hydrogens is 326 g/mol. The summed E-state index contributed by atoms with van der Waals surface area (Å²) in [6, 6.07) is 40.6. The van der Waals surface area contributed by atoms with E-state index in [1.54, 1.807) is 0 Å². The van der Waals surface area contributed by atoms with Crippen molar-refractivity contribution in [2.24, 2.45) is 0 Å². The zero-order valence-corrected chi connectivity index (χ0v) is 14.9. The molecule has 4 aromatic carbocycles. The van der Waals surface area contributed by atoms with Crippen LogP contribution < -0.4 is 0 Å². The Morgan fingerprint density at radius 2 is 0.741 bits per heavy atom. The summed E-state index contributed by atoms with van der Waals surface area (Å²) >= 11 is 0. The number of aromatic nitrogens is 1. The highest BCUT2D eigenvalue weighted by Crippen LogP contribution is 2.41. The second-order valence-electron chi connectivity index (χ2n) is 6.65. The molecule has 0 aliphatic heterocycles. The van der Waals surface area contributed by atoms with Crippen molar-refractivity contribution >= 4 is 10.8 Å². The molecule has 1 heteroatoms. The van der Waals surface area contributed by atoms with Crippen molar-refractivity contribution in [3.05, 3.63) is 115 Å². The van der Waals surface area contributed by atoms with Crippen molar-refractivity contribution in [1.82, 2.24) is 4.57 Å². The van der Waals surface area contributed by atoms with Crippen LogP contribution in [0, 0.1) is 0 Å². The van der Waals surface area contributed by atoms with E-state index < -0.39 is 0 Å². The van der Waals surface area contributed by atoms with Gasteiger partial charge in [0.1, 0.15) is 0 Å². The quantitative estimate of drug-likeness (QED) is 0.333. The van der Waals surface area contributed by atoms with Crippen molar-refractivity contribution in [2.75, 3.05) is 0 Å². The first-order chi connectivity index (χ1) is 13.4. The molecule has 0 atom stereocenters. The van der Waals surface area contributed by atoms with Crippen molar-refractivity contribution in [2.45, 2.75) is 0 Å². The molecule has 1 aromatic heterocycles. The molecule has 0 bridgehead atoms. The third-order valence-electron chi connectivity index (χ3n) is 4.99. The van der Waals surface area contributed by atoms with Crippen LogP contribution in [0.4, 0.5) is 0 Å². The van der Waals surface area contributed by atoms with E-state index in [9.17, 15) is 0 Å². The summed E-state index contributed by atoms with van der Waals surface area (Å²) in [7, 11) is 0. The molecule has 1 nitrogen and oxygen atoms in total. The highest BCUT2D eigenvalue weighted by molar-refractivity contribution is 6.06. The summed E-state index contributed by atoms with van der Waals surface area (Å²) in [5.74, 6) is 0. The second-order valence-corrected chi connectivity index (χ2v) is 6.65. The number of benzene rings is 4. The molecule has 0 unspecified atom stereocenters. The van der Waals surface area contributed by atoms with Crippen molar-refractivity contribution in [3.8, 4) is 28.2 Å². The summed E-state index contributed by atoms with van der Waals surface area (Å²) < 4.78 is 2.40. The van der Waals surface area contributed by atoms with Gasteiger partial charge in [-0.15, -0.1) is 0 Å². The average molecular weight is 345 g/mol. The minimum Gasteiger partial charge on any atom is -0.308 e. The smallest absolute Gasteiger partial charge is 0.0613 e. The normalized spacial score (nSPS) is 11.0. The minimum atomic E-state index is 1.17. The van der Waals surface area contributed by atoms with Crippen LogP contribution in [0.3, 0.4) is 0 Å². The second kappa shape index (κ2) is 6.62. The molecule has 0 radical (unpaired) electrons. The van der Waals surface area contributed by atoms with Gasteiger partial charge in [0.2, 0.25) is 0 Å². The molecule has 0 fully saturated rings. The molecule has 5 aromatic rings. The fourth-order valence-electron chi connectivity index (χ4n) is 3.85. The van der Waals surface area contributed by atoms with E-state index in [0.29, 0.717) is 0 Å². The van der Waals surface area contributed by atoms with Crippen molar-refractivity contribution in [3.63, 3.8) is 0 Å². The molecule has 1 heterocycles. The lowest BCUT2D eigenvalue weighted by Crippen LogP contribution is -1.99. The fraction of sp³-hybridized carbons (Fsp3) is 0. The Balaban J connectivity index is 1.97. The summed E-state index contributed by atoms with van der Waals surface area (Å²) in [6.07, 6.45) is 0. The third kappa shape index (κ3) is 2.65. The van der Waals surface area contributed by atoms with E-state index in [4.69, 9.17) is 0 Å². The van der Waals surface area contributed by atoms with Gasteiger partial charge in [-0.3, -0.25) is 0 Å². The van der Waals surface area contributed by atoms with E-state index in [2.05, 4.69) is 120 Å². The van der Waals surface area contributed by atoms with Gasteiger partial charge < -0.3 is 4.57 Å². The zero-order chi connectivity index (χ0) is 18.1. The Bertz CT molecular complexity index is 1110. The Kier molecular flexibility index (Phi) is 3.84. The standard InChI is InChI=1S/C26H19N/c1-4-12-20(13-5-1)25-23-18-10-11-19-24(23)26(21-14-6-2-7-15-21)27(25)22-16-8-3-9-17-22/h1-19H. The Morgan fingerprint density at radius 1 is 0.370 bits per heavy atom. The summed E-state index contributed by atoms with van der Waals surface area (Å²) in [6.45, 7) is 0. The van der Waals surface area contributed by atoms with Gasteiger partial charge in [-0.1, -0.05) is 103 Å². The van der Waals surface area contributed by atoms with Crippen LogP contribution in [-0.2, 0) is 0 Å². The van der Waals surface area contributed by atoms with Crippen LogP contribution in [0.1, 0.15) is 0 Å². The number of hydrogen-bond acceptors (Lipinski definition) is 0. The fourth-order valence-corrected chi connectivity index (χ4v) is 3.85. The van der Waals surface area contributed by atoms with E-state index in [-0.39, 0.29) is 0 Å². The third-order valence-corrected chi connectivity index (χ3v) is 4.99. The first-order valence-electron chi connectivity index (χ1n) is 9.23. The van der Waals surface area contributed by atoms with Crippen molar-refractivity contribution in [1.29, 1.82) is 0 Å². The Labute approximate surface area is 159 Å². The van der Waals surface area contributed by atoms with Crippen LogP contribution in [0.15, 0.2) is 115 Å². The maximum Gasteiger partial charge on any atom is 0.0613 e. The number of fused-ring (bicyclic) bond motifs is 1. The molecule has 5 rings (SSSR count). The van der Waals surface area contributed by atoms with Crippen LogP contribution in [0.2, 0.25) is 0 Å². The molecule has 0 saturated heterocycles. The molecule has 27 heavy (non-hydrogen) atoms. The Morgan fingerprint density at radius 3 is 1.19 bits per heavy atom. The van der Waals surface area contributed by atoms with E-state index in [0.717, 1.165) is 0 Å². The predicted molar refractivity (Wildman–Crippen MR) is 114 cm³/mol. The van der Waals surface area contributed by atoms with Gasteiger partial charge in [-0.05, 0) is 23.3 Å². The number of hydrogen-bond donors (Lipinski definition) is 0. The van der Waals surface area contributed by atoms with Crippen LogP contribution in [0.5, 0.6) is 0 Å². The van der Waals surface area contributed by atoms with E-state index in [1.807, 2.05) is 0 Å². The number of nitrogens with zero attached hydrogens (tertiary/aromatic N) is 1. The number of para-hydroxylation sites is 1. The minimum absolute atomic E-state index is 1.17. The van der Waals surface area contributed by atoms with Gasteiger partial charge in [-0.2, -0.15) is 0 Å². The van der Waals surface area contributed by atoms with Crippen LogP contribution in [0.25, 0.3) is 39.0 Å². The highest BCUT2D eigenvalue weighted by atomic mass is 15.0. The highest BCUT2D eigenvalue weighted by Gasteiger charge is 2.20. The Hall–Kier alpha value is -3.58. The summed E-state index contributed by atoms with van der Waals surface area (Å²) in [5, 5.41) is 2.54. The summed E-state index contributed by atoms with van der Waals surface area (Å²) in [5.41, 5.74) is 6.08. The number of rotatable bonds is 3. The van der Waals surface area contributed by atoms with Gasteiger partial charge in [0.05, 0.1) is 11.4 Å². The first kappa shape index (κ1) is 15.7. The summed E-state index contributed by atoms with van der Waals surface area (Å²) in [4.78, 5) is 0. The monoisotopic (exact) mass is 345 g/mol. The first-order valence-corrected chi connectivity index (χ1v) is 9.23. The molecule has 0 aliphatic carbocycles. The van der Waals surface area contributed by atoms with Crippen LogP contribution in [-0.4, -0.2) is 4.57 Å². The zero-order valence-electron chi connectivity index (χ0n) is 14.9. The van der Waals surface area contributed by atoms with Gasteiger partial charge in [0.15, 0.2) is 0 Å². The maximum absolute atomic E-state index is 2.40. The predicted octanol–water partition coefficient (Wildman–Crippen LogP) is 6.96. The molecule has 0 spiro atoms. The molecular formula is C26H19N. The lowest BCUT2D eigenvalue weighted by atomic mass is 10.0. The van der Waals surface area contributed by atoms with Gasteiger partial charge in [0.25, 0.3) is 0 Å². The van der Waals surface area contributed by atoms with Crippen molar-refractivity contribution < 1.29 is 0 Å². The topological polar surface area (TPSA) is 4.93 Å². The van der Waals surface area contributed by atoms with E-state index >= 15 is 0 Å². The van der Waals surface area contributed by atoms with E-state index in [1.165, 1.54) is 39.0 Å². The molecule has 128 valence electrons.